The molecule has 0 atom stereocenters. The second kappa shape index (κ2) is 7.86. The van der Waals surface area contributed by atoms with Crippen LogP contribution in [0, 0.1) is 0 Å². The number of carbonyl (C=O) groups excluding carboxylic acids is 1. The summed E-state index contributed by atoms with van der Waals surface area (Å²) < 4.78 is 5.43. The third-order valence-corrected chi connectivity index (χ3v) is 7.89. The number of hydrogen-bond donors (Lipinski definition) is 2. The number of amides is 1. The highest BCUT2D eigenvalue weighted by molar-refractivity contribution is 5.85. The van der Waals surface area contributed by atoms with E-state index >= 15 is 0 Å². The van der Waals surface area contributed by atoms with Crippen LogP contribution in [0.3, 0.4) is 0 Å². The van der Waals surface area contributed by atoms with Crippen LogP contribution < -0.4 is 10.5 Å². The van der Waals surface area contributed by atoms with Crippen molar-refractivity contribution in [1.29, 1.82) is 0 Å². The van der Waals surface area contributed by atoms with E-state index in [9.17, 15) is 14.7 Å². The number of H-pyrrole nitrogens is 1. The Morgan fingerprint density at radius 1 is 1.03 bits per heavy atom. The Labute approximate surface area is 182 Å². The number of aromatic amines is 1. The average molecular weight is 432 g/mol. The fourth-order valence-corrected chi connectivity index (χ4v) is 5.69. The fourth-order valence-electron chi connectivity index (χ4n) is 5.69. The van der Waals surface area contributed by atoms with Gasteiger partial charge in [-0.25, -0.2) is 4.98 Å². The molecule has 5 rings (SSSR count). The largest absolute Gasteiger partial charge is 0.380 e. The van der Waals surface area contributed by atoms with Gasteiger partial charge < -0.3 is 24.5 Å². The first kappa shape index (κ1) is 20.9. The number of aliphatic hydroxyl groups is 1. The molecule has 0 bridgehead atoms. The van der Waals surface area contributed by atoms with E-state index in [2.05, 4.69) is 14.8 Å². The summed E-state index contributed by atoms with van der Waals surface area (Å²) in [7, 11) is 2.02. The molecule has 9 heteroatoms. The van der Waals surface area contributed by atoms with Gasteiger partial charge in [-0.15, -0.1) is 0 Å². The van der Waals surface area contributed by atoms with E-state index in [4.69, 9.17) is 9.72 Å². The van der Waals surface area contributed by atoms with Crippen LogP contribution >= 0.6 is 0 Å². The quantitative estimate of drug-likeness (QED) is 0.673. The number of aromatic nitrogens is 2. The van der Waals surface area contributed by atoms with Gasteiger partial charge in [-0.3, -0.25) is 14.6 Å². The van der Waals surface area contributed by atoms with Crippen molar-refractivity contribution in [3.63, 3.8) is 0 Å². The number of carbonyl (C=O) groups is 1. The second-order valence-electron chi connectivity index (χ2n) is 9.72. The van der Waals surface area contributed by atoms with Crippen molar-refractivity contribution in [3.05, 3.63) is 21.6 Å². The van der Waals surface area contributed by atoms with Gasteiger partial charge in [0.2, 0.25) is 5.95 Å². The number of ether oxygens (including phenoxy) is 1. The molecule has 0 saturated carbocycles. The Kier molecular flexibility index (Phi) is 5.30. The minimum absolute atomic E-state index is 0.0255. The van der Waals surface area contributed by atoms with Gasteiger partial charge in [-0.05, 0) is 45.6 Å². The molecule has 170 valence electrons. The van der Waals surface area contributed by atoms with Gasteiger partial charge >= 0.3 is 0 Å². The molecule has 0 radical (unpaired) electrons. The van der Waals surface area contributed by atoms with E-state index < -0.39 is 5.60 Å². The molecule has 1 aliphatic carbocycles. The normalized spacial score (nSPS) is 25.6. The van der Waals surface area contributed by atoms with Gasteiger partial charge in [0, 0.05) is 50.2 Å². The third kappa shape index (κ3) is 3.66. The van der Waals surface area contributed by atoms with Crippen LogP contribution in [0.15, 0.2) is 4.79 Å². The maximum atomic E-state index is 13.1. The number of morpholine rings is 1. The van der Waals surface area contributed by atoms with Gasteiger partial charge in [-0.1, -0.05) is 0 Å². The van der Waals surface area contributed by atoms with Crippen LogP contribution in [-0.4, -0.2) is 95.9 Å². The molecule has 4 heterocycles. The highest BCUT2D eigenvalue weighted by atomic mass is 16.5. The van der Waals surface area contributed by atoms with Crippen LogP contribution in [0.2, 0.25) is 0 Å². The minimum Gasteiger partial charge on any atom is -0.380 e. The summed E-state index contributed by atoms with van der Waals surface area (Å²) in [6.45, 7) is 5.43. The lowest BCUT2D eigenvalue weighted by atomic mass is 9.75. The lowest BCUT2D eigenvalue weighted by Gasteiger charge is -2.44. The highest BCUT2D eigenvalue weighted by Crippen LogP contribution is 2.45. The van der Waals surface area contributed by atoms with Crippen molar-refractivity contribution in [3.8, 4) is 0 Å². The summed E-state index contributed by atoms with van der Waals surface area (Å²) in [5.74, 6) is 0.522. The van der Waals surface area contributed by atoms with Crippen LogP contribution in [0.25, 0.3) is 0 Å². The van der Waals surface area contributed by atoms with E-state index in [0.29, 0.717) is 45.1 Å². The van der Waals surface area contributed by atoms with Crippen molar-refractivity contribution >= 4 is 11.9 Å². The molecule has 4 aliphatic rings. The van der Waals surface area contributed by atoms with Crippen LogP contribution in [0.5, 0.6) is 0 Å². The zero-order chi connectivity index (χ0) is 21.6. The van der Waals surface area contributed by atoms with E-state index in [1.54, 1.807) is 0 Å². The molecule has 3 saturated heterocycles. The lowest BCUT2D eigenvalue weighted by molar-refractivity contribution is -0.157. The van der Waals surface area contributed by atoms with Gasteiger partial charge in [-0.2, -0.15) is 0 Å². The van der Waals surface area contributed by atoms with Crippen molar-refractivity contribution in [2.24, 2.45) is 0 Å². The summed E-state index contributed by atoms with van der Waals surface area (Å²) in [5, 5.41) is 11.0. The third-order valence-electron chi connectivity index (χ3n) is 7.89. The fraction of sp³-hybridized carbons (Fsp3) is 0.773. The predicted molar refractivity (Wildman–Crippen MR) is 115 cm³/mol. The number of piperidine rings is 2. The number of likely N-dealkylation sites (tertiary alicyclic amines) is 2. The monoisotopic (exact) mass is 431 g/mol. The number of nitrogens with zero attached hydrogens (tertiary/aromatic N) is 4. The molecule has 3 aliphatic heterocycles. The minimum atomic E-state index is -1.23. The summed E-state index contributed by atoms with van der Waals surface area (Å²) in [6, 6.07) is 0. The first-order valence-corrected chi connectivity index (χ1v) is 11.6. The maximum absolute atomic E-state index is 13.1. The molecule has 9 nitrogen and oxygen atoms in total. The zero-order valence-corrected chi connectivity index (χ0v) is 18.4. The second-order valence-corrected chi connectivity index (χ2v) is 9.72. The number of rotatable bonds is 2. The molecule has 2 N–H and O–H groups in total. The van der Waals surface area contributed by atoms with Crippen molar-refractivity contribution in [2.75, 3.05) is 64.4 Å². The van der Waals surface area contributed by atoms with Gasteiger partial charge in [0.05, 0.1) is 18.9 Å². The standard InChI is InChI=1S/C22H33N5O4/c1-25-8-6-22(30,7-9-25)19(29)26-10-4-21(5-11-26)3-2-16-17(21)23-20(24-18(16)28)27-12-14-31-15-13-27/h30H,2-15H2,1H3,(H,23,24,28). The van der Waals surface area contributed by atoms with E-state index in [-0.39, 0.29) is 16.9 Å². The van der Waals surface area contributed by atoms with Crippen molar-refractivity contribution < 1.29 is 14.6 Å². The number of anilines is 1. The number of hydrogen-bond acceptors (Lipinski definition) is 7. The topological polar surface area (TPSA) is 102 Å². The predicted octanol–water partition coefficient (Wildman–Crippen LogP) is -0.130. The number of nitrogens with one attached hydrogen (secondary N) is 1. The number of fused-ring (bicyclic) bond motifs is 2. The first-order chi connectivity index (χ1) is 14.9. The molecule has 1 spiro atoms. The Bertz CT molecular complexity index is 894. The van der Waals surface area contributed by atoms with Gasteiger partial charge in [0.15, 0.2) is 0 Å². The Balaban J connectivity index is 1.33. The molecule has 1 aromatic heterocycles. The molecule has 1 amide bonds. The van der Waals surface area contributed by atoms with Crippen molar-refractivity contribution in [2.45, 2.75) is 49.5 Å². The first-order valence-electron chi connectivity index (χ1n) is 11.6. The smallest absolute Gasteiger partial charge is 0.255 e. The summed E-state index contributed by atoms with van der Waals surface area (Å²) in [4.78, 5) is 39.9. The highest BCUT2D eigenvalue weighted by Gasteiger charge is 2.48. The molecule has 3 fully saturated rings. The van der Waals surface area contributed by atoms with Crippen LogP contribution in [0.1, 0.15) is 43.4 Å². The zero-order valence-electron chi connectivity index (χ0n) is 18.4. The average Bonchev–Trinajstić information content (AvgIpc) is 3.15. The van der Waals surface area contributed by atoms with E-state index in [1.807, 2.05) is 11.9 Å². The van der Waals surface area contributed by atoms with Crippen molar-refractivity contribution in [1.82, 2.24) is 19.8 Å². The molecular formula is C22H33N5O4. The van der Waals surface area contributed by atoms with E-state index in [0.717, 1.165) is 63.1 Å². The van der Waals surface area contributed by atoms with Gasteiger partial charge in [0.25, 0.3) is 11.5 Å². The Hall–Kier alpha value is -1.97. The summed E-state index contributed by atoms with van der Waals surface area (Å²) in [6.07, 6.45) is 4.22. The Morgan fingerprint density at radius 2 is 1.71 bits per heavy atom. The maximum Gasteiger partial charge on any atom is 0.255 e. The van der Waals surface area contributed by atoms with Crippen LogP contribution in [0.4, 0.5) is 5.95 Å². The lowest BCUT2D eigenvalue weighted by Crippen LogP contribution is -2.57. The summed E-state index contributed by atoms with van der Waals surface area (Å²) >= 11 is 0. The van der Waals surface area contributed by atoms with E-state index in [1.165, 1.54) is 0 Å². The SMILES string of the molecule is CN1CCC(O)(C(=O)N2CCC3(CCc4c3nc(N3CCOCC3)[nH]c4=O)CC2)CC1. The Morgan fingerprint density at radius 3 is 2.39 bits per heavy atom. The molecule has 1 aromatic rings. The summed E-state index contributed by atoms with van der Waals surface area (Å²) in [5.41, 5.74) is 0.344. The van der Waals surface area contributed by atoms with Gasteiger partial charge in [0.1, 0.15) is 5.60 Å². The molecule has 31 heavy (non-hydrogen) atoms. The molecular weight excluding hydrogens is 398 g/mol. The molecule has 0 aromatic carbocycles. The van der Waals surface area contributed by atoms with Crippen LogP contribution in [-0.2, 0) is 21.4 Å². The molecule has 0 unspecified atom stereocenters.